The van der Waals surface area contributed by atoms with E-state index in [2.05, 4.69) is 25.9 Å². The zero-order valence-electron chi connectivity index (χ0n) is 12.9. The van der Waals surface area contributed by atoms with Crippen molar-refractivity contribution in [1.82, 2.24) is 4.83 Å². The Morgan fingerprint density at radius 3 is 2.58 bits per heavy atom. The minimum atomic E-state index is -3.70. The van der Waals surface area contributed by atoms with Gasteiger partial charge in [0.1, 0.15) is 5.75 Å². The highest BCUT2D eigenvalue weighted by Gasteiger charge is 2.12. The summed E-state index contributed by atoms with van der Waals surface area (Å²) in [6.45, 7) is 2.59. The van der Waals surface area contributed by atoms with Crippen molar-refractivity contribution in [2.75, 3.05) is 6.61 Å². The van der Waals surface area contributed by atoms with Crippen LogP contribution >= 0.6 is 27.5 Å². The molecule has 0 radical (unpaired) electrons. The Morgan fingerprint density at radius 1 is 1.25 bits per heavy atom. The van der Waals surface area contributed by atoms with Crippen LogP contribution < -0.4 is 9.57 Å². The topological polar surface area (TPSA) is 67.8 Å². The quantitative estimate of drug-likeness (QED) is 0.527. The van der Waals surface area contributed by atoms with Gasteiger partial charge in [0.15, 0.2) is 0 Å². The normalized spacial score (nSPS) is 11.6. The van der Waals surface area contributed by atoms with Crippen LogP contribution in [0.2, 0.25) is 5.02 Å². The van der Waals surface area contributed by atoms with Crippen LogP contribution in [-0.4, -0.2) is 21.2 Å². The van der Waals surface area contributed by atoms with Crippen LogP contribution in [0.1, 0.15) is 18.9 Å². The highest BCUT2D eigenvalue weighted by Crippen LogP contribution is 2.25. The molecule has 2 aromatic carbocycles. The van der Waals surface area contributed by atoms with E-state index >= 15 is 0 Å². The highest BCUT2D eigenvalue weighted by molar-refractivity contribution is 9.10. The Kier molecular flexibility index (Phi) is 6.65. The van der Waals surface area contributed by atoms with Crippen molar-refractivity contribution in [2.24, 2.45) is 5.10 Å². The Hall–Kier alpha value is -1.57. The Bertz CT molecular complexity index is 824. The number of halogens is 2. The van der Waals surface area contributed by atoms with Gasteiger partial charge in [-0.3, -0.25) is 0 Å². The molecule has 0 saturated heterocycles. The molecule has 1 N–H and O–H groups in total. The number of hydrogen-bond donors (Lipinski definition) is 1. The van der Waals surface area contributed by atoms with Crippen molar-refractivity contribution < 1.29 is 13.2 Å². The molecule has 0 atom stereocenters. The predicted molar refractivity (Wildman–Crippen MR) is 99.3 cm³/mol. The molecular weight excluding hydrogens is 416 g/mol. The molecule has 0 saturated carbocycles. The third-order valence-corrected chi connectivity index (χ3v) is 4.99. The lowest BCUT2D eigenvalue weighted by Gasteiger charge is -2.07. The number of nitrogens with zero attached hydrogens (tertiary/aromatic N) is 1. The number of ether oxygens (including phenoxy) is 1. The summed E-state index contributed by atoms with van der Waals surface area (Å²) in [5.74, 6) is 0.589. The summed E-state index contributed by atoms with van der Waals surface area (Å²) in [4.78, 5) is 2.29. The lowest BCUT2D eigenvalue weighted by molar-refractivity contribution is 0.317. The van der Waals surface area contributed by atoms with Gasteiger partial charge in [0.05, 0.1) is 22.7 Å². The fourth-order valence-corrected chi connectivity index (χ4v) is 3.06. The molecule has 0 heterocycles. The molecule has 0 bridgehead atoms. The Morgan fingerprint density at radius 2 is 1.96 bits per heavy atom. The average molecular weight is 432 g/mol. The van der Waals surface area contributed by atoms with E-state index in [1.165, 1.54) is 18.3 Å². The molecule has 0 fully saturated rings. The first-order chi connectivity index (χ1) is 11.4. The second-order valence-electron chi connectivity index (χ2n) is 4.85. The van der Waals surface area contributed by atoms with Crippen molar-refractivity contribution in [2.45, 2.75) is 18.2 Å². The minimum absolute atomic E-state index is 0.129. The van der Waals surface area contributed by atoms with E-state index in [1.54, 1.807) is 30.3 Å². The SMILES string of the molecule is CCCOc1ccc(/C=N/NS(=O)(=O)c2ccc(Br)cc2)cc1Cl. The van der Waals surface area contributed by atoms with Crippen LogP contribution in [0, 0.1) is 0 Å². The first-order valence-electron chi connectivity index (χ1n) is 7.15. The van der Waals surface area contributed by atoms with Crippen LogP contribution in [0.4, 0.5) is 0 Å². The lowest BCUT2D eigenvalue weighted by atomic mass is 10.2. The van der Waals surface area contributed by atoms with Crippen LogP contribution in [0.25, 0.3) is 0 Å². The molecule has 24 heavy (non-hydrogen) atoms. The van der Waals surface area contributed by atoms with Crippen molar-refractivity contribution in [1.29, 1.82) is 0 Å². The van der Waals surface area contributed by atoms with Gasteiger partial charge in [0.2, 0.25) is 0 Å². The van der Waals surface area contributed by atoms with E-state index in [0.717, 1.165) is 10.9 Å². The molecular formula is C16H16BrClN2O3S. The van der Waals surface area contributed by atoms with Gasteiger partial charge in [-0.1, -0.05) is 34.5 Å². The molecule has 0 aliphatic heterocycles. The van der Waals surface area contributed by atoms with Crippen molar-refractivity contribution in [3.8, 4) is 5.75 Å². The van der Waals surface area contributed by atoms with Gasteiger partial charge in [0, 0.05) is 4.47 Å². The number of benzene rings is 2. The maximum absolute atomic E-state index is 12.1. The summed E-state index contributed by atoms with van der Waals surface area (Å²) in [6.07, 6.45) is 2.27. The van der Waals surface area contributed by atoms with Crippen molar-refractivity contribution in [3.05, 3.63) is 57.5 Å². The Balaban J connectivity index is 2.05. The van der Waals surface area contributed by atoms with Gasteiger partial charge in [-0.2, -0.15) is 13.5 Å². The molecule has 0 amide bonds. The molecule has 2 rings (SSSR count). The third-order valence-electron chi connectivity index (χ3n) is 2.93. The third kappa shape index (κ3) is 5.22. The van der Waals surface area contributed by atoms with E-state index in [4.69, 9.17) is 16.3 Å². The van der Waals surface area contributed by atoms with E-state index in [-0.39, 0.29) is 4.90 Å². The number of sulfonamides is 1. The Labute approximate surface area is 154 Å². The lowest BCUT2D eigenvalue weighted by Crippen LogP contribution is -2.18. The van der Waals surface area contributed by atoms with Gasteiger partial charge in [0.25, 0.3) is 10.0 Å². The van der Waals surface area contributed by atoms with E-state index in [1.807, 2.05) is 6.92 Å². The van der Waals surface area contributed by atoms with Crippen LogP contribution in [-0.2, 0) is 10.0 Å². The van der Waals surface area contributed by atoms with Gasteiger partial charge >= 0.3 is 0 Å². The molecule has 0 aliphatic rings. The summed E-state index contributed by atoms with van der Waals surface area (Å²) in [6, 6.07) is 11.4. The molecule has 0 spiro atoms. The number of hydrazone groups is 1. The van der Waals surface area contributed by atoms with Crippen molar-refractivity contribution in [3.63, 3.8) is 0 Å². The number of rotatable bonds is 7. The number of hydrogen-bond acceptors (Lipinski definition) is 4. The summed E-state index contributed by atoms with van der Waals surface area (Å²) >= 11 is 9.37. The first-order valence-corrected chi connectivity index (χ1v) is 9.80. The monoisotopic (exact) mass is 430 g/mol. The molecule has 5 nitrogen and oxygen atoms in total. The largest absolute Gasteiger partial charge is 0.492 e. The zero-order chi connectivity index (χ0) is 17.6. The average Bonchev–Trinajstić information content (AvgIpc) is 2.54. The molecule has 0 aliphatic carbocycles. The van der Waals surface area contributed by atoms with E-state index < -0.39 is 10.0 Å². The summed E-state index contributed by atoms with van der Waals surface area (Å²) < 4.78 is 30.4. The number of nitrogens with one attached hydrogen (secondary N) is 1. The highest BCUT2D eigenvalue weighted by atomic mass is 79.9. The maximum Gasteiger partial charge on any atom is 0.276 e. The van der Waals surface area contributed by atoms with Crippen LogP contribution in [0.3, 0.4) is 0 Å². The van der Waals surface area contributed by atoms with Gasteiger partial charge in [-0.15, -0.1) is 0 Å². The van der Waals surface area contributed by atoms with Crippen LogP contribution in [0.5, 0.6) is 5.75 Å². The molecule has 0 aromatic heterocycles. The zero-order valence-corrected chi connectivity index (χ0v) is 16.0. The standard InChI is InChI=1S/C16H16BrClN2O3S/c1-2-9-23-16-8-3-12(10-15(16)18)11-19-20-24(21,22)14-6-4-13(17)5-7-14/h3-8,10-11,20H,2,9H2,1H3/b19-11+. The van der Waals surface area contributed by atoms with Gasteiger partial charge < -0.3 is 4.74 Å². The van der Waals surface area contributed by atoms with Crippen LogP contribution in [0.15, 0.2) is 56.9 Å². The summed E-state index contributed by atoms with van der Waals surface area (Å²) in [7, 11) is -3.70. The van der Waals surface area contributed by atoms with Crippen molar-refractivity contribution >= 4 is 43.8 Å². The molecule has 8 heteroatoms. The molecule has 0 unspecified atom stereocenters. The minimum Gasteiger partial charge on any atom is -0.492 e. The first kappa shape index (κ1) is 18.8. The fourth-order valence-electron chi connectivity index (χ4n) is 1.76. The fraction of sp³-hybridized carbons (Fsp3) is 0.188. The maximum atomic E-state index is 12.1. The van der Waals surface area contributed by atoms with E-state index in [0.29, 0.717) is 22.9 Å². The summed E-state index contributed by atoms with van der Waals surface area (Å²) in [5.41, 5.74) is 0.655. The smallest absolute Gasteiger partial charge is 0.276 e. The van der Waals surface area contributed by atoms with Gasteiger partial charge in [-0.25, -0.2) is 4.83 Å². The second kappa shape index (κ2) is 8.50. The van der Waals surface area contributed by atoms with E-state index in [9.17, 15) is 8.42 Å². The molecule has 2 aromatic rings. The van der Waals surface area contributed by atoms with Gasteiger partial charge in [-0.05, 0) is 54.4 Å². The predicted octanol–water partition coefficient (Wildman–Crippen LogP) is 4.20. The second-order valence-corrected chi connectivity index (χ2v) is 7.83. The molecule has 128 valence electrons. The summed E-state index contributed by atoms with van der Waals surface area (Å²) in [5, 5.41) is 4.22.